The quantitative estimate of drug-likeness (QED) is 0.430. The first-order valence-electron chi connectivity index (χ1n) is 12.0. The lowest BCUT2D eigenvalue weighted by molar-refractivity contribution is -0.185. The molecule has 5 rings (SSSR count). The van der Waals surface area contributed by atoms with E-state index in [1.807, 2.05) is 0 Å². The second-order valence-electron chi connectivity index (χ2n) is 10.3. The van der Waals surface area contributed by atoms with E-state index in [1.54, 1.807) is 12.1 Å². The number of fused-ring (bicyclic) bond motifs is 1. The van der Waals surface area contributed by atoms with Gasteiger partial charge in [-0.15, -0.1) is 0 Å². The van der Waals surface area contributed by atoms with Gasteiger partial charge in [-0.25, -0.2) is 8.78 Å². The molecular weight excluding hydrogens is 432 g/mol. The van der Waals surface area contributed by atoms with Crippen molar-refractivity contribution in [3.05, 3.63) is 65.2 Å². The van der Waals surface area contributed by atoms with Gasteiger partial charge < -0.3 is 9.47 Å². The van der Waals surface area contributed by atoms with E-state index in [0.29, 0.717) is 24.7 Å². The van der Waals surface area contributed by atoms with Gasteiger partial charge in [0.25, 0.3) is 0 Å². The van der Waals surface area contributed by atoms with Crippen molar-refractivity contribution in [2.45, 2.75) is 63.6 Å². The Bertz CT molecular complexity index is 955. The number of halogens is 4. The SMILES string of the molecule is CC1CC2CC(C3CCC(c4ccc(C(F)(F)Oc5ccc(F)c(F)c5)cc4)CO3)CC2C1. The third kappa shape index (κ3) is 4.77. The lowest BCUT2D eigenvalue weighted by atomic mass is 9.85. The molecule has 178 valence electrons. The van der Waals surface area contributed by atoms with Crippen LogP contribution in [-0.2, 0) is 10.8 Å². The summed E-state index contributed by atoms with van der Waals surface area (Å²) in [4.78, 5) is 0. The topological polar surface area (TPSA) is 18.5 Å². The normalized spacial score (nSPS) is 32.0. The highest BCUT2D eigenvalue weighted by Gasteiger charge is 2.43. The van der Waals surface area contributed by atoms with Crippen molar-refractivity contribution >= 4 is 0 Å². The Balaban J connectivity index is 1.17. The zero-order chi connectivity index (χ0) is 23.2. The summed E-state index contributed by atoms with van der Waals surface area (Å²) in [6.07, 6.45) is 4.01. The maximum atomic E-state index is 14.5. The fraction of sp³-hybridized carbons (Fsp3) is 0.556. The Labute approximate surface area is 192 Å². The maximum absolute atomic E-state index is 14.5. The molecule has 1 aliphatic heterocycles. The molecule has 0 aromatic heterocycles. The molecule has 0 amide bonds. The molecule has 0 radical (unpaired) electrons. The minimum Gasteiger partial charge on any atom is -0.429 e. The number of hydrogen-bond acceptors (Lipinski definition) is 2. The number of alkyl halides is 2. The largest absolute Gasteiger partial charge is 0.429 e. The van der Waals surface area contributed by atoms with E-state index in [-0.39, 0.29) is 11.5 Å². The molecule has 2 aliphatic carbocycles. The molecule has 3 aliphatic rings. The second kappa shape index (κ2) is 8.94. The molecule has 0 bridgehead atoms. The van der Waals surface area contributed by atoms with E-state index in [0.717, 1.165) is 48.3 Å². The number of benzene rings is 2. The van der Waals surface area contributed by atoms with Crippen LogP contribution in [0.3, 0.4) is 0 Å². The van der Waals surface area contributed by atoms with Crippen molar-refractivity contribution in [2.75, 3.05) is 6.61 Å². The molecule has 1 heterocycles. The van der Waals surface area contributed by atoms with Crippen LogP contribution in [-0.4, -0.2) is 12.7 Å². The minimum absolute atomic E-state index is 0.192. The van der Waals surface area contributed by atoms with Gasteiger partial charge in [-0.3, -0.25) is 0 Å². The second-order valence-corrected chi connectivity index (χ2v) is 10.3. The zero-order valence-corrected chi connectivity index (χ0v) is 18.8. The van der Waals surface area contributed by atoms with Gasteiger partial charge in [-0.05, 0) is 92.0 Å². The third-order valence-corrected chi connectivity index (χ3v) is 7.98. The van der Waals surface area contributed by atoms with Crippen LogP contribution in [0.15, 0.2) is 42.5 Å². The van der Waals surface area contributed by atoms with E-state index < -0.39 is 23.5 Å². The molecule has 2 saturated carbocycles. The van der Waals surface area contributed by atoms with Crippen LogP contribution < -0.4 is 4.74 Å². The molecule has 1 saturated heterocycles. The van der Waals surface area contributed by atoms with E-state index >= 15 is 0 Å². The Morgan fingerprint density at radius 3 is 2.15 bits per heavy atom. The van der Waals surface area contributed by atoms with Gasteiger partial charge in [0.2, 0.25) is 0 Å². The van der Waals surface area contributed by atoms with Gasteiger partial charge in [0.1, 0.15) is 5.75 Å². The summed E-state index contributed by atoms with van der Waals surface area (Å²) in [5.74, 6) is 0.723. The Morgan fingerprint density at radius 2 is 1.55 bits per heavy atom. The molecule has 2 aromatic rings. The first kappa shape index (κ1) is 22.7. The fourth-order valence-corrected chi connectivity index (χ4v) is 6.37. The van der Waals surface area contributed by atoms with Gasteiger partial charge in [0.15, 0.2) is 11.6 Å². The van der Waals surface area contributed by atoms with Crippen molar-refractivity contribution in [2.24, 2.45) is 23.7 Å². The average Bonchev–Trinajstić information content (AvgIpc) is 3.34. The predicted octanol–water partition coefficient (Wildman–Crippen LogP) is 7.43. The van der Waals surface area contributed by atoms with Crippen LogP contribution in [0.25, 0.3) is 0 Å². The summed E-state index contributed by atoms with van der Waals surface area (Å²) in [6.45, 7) is 2.99. The number of hydrogen-bond donors (Lipinski definition) is 0. The fourth-order valence-electron chi connectivity index (χ4n) is 6.37. The van der Waals surface area contributed by atoms with Crippen molar-refractivity contribution in [1.29, 1.82) is 0 Å². The molecule has 33 heavy (non-hydrogen) atoms. The van der Waals surface area contributed by atoms with Crippen molar-refractivity contribution in [1.82, 2.24) is 0 Å². The van der Waals surface area contributed by atoms with Gasteiger partial charge in [-0.2, -0.15) is 8.78 Å². The summed E-state index contributed by atoms with van der Waals surface area (Å²) in [5, 5.41) is 0. The molecule has 0 spiro atoms. The Hall–Kier alpha value is -2.08. The van der Waals surface area contributed by atoms with E-state index in [4.69, 9.17) is 4.74 Å². The molecule has 4 unspecified atom stereocenters. The van der Waals surface area contributed by atoms with Gasteiger partial charge in [0, 0.05) is 12.0 Å². The van der Waals surface area contributed by atoms with E-state index in [2.05, 4.69) is 11.7 Å². The summed E-state index contributed by atoms with van der Waals surface area (Å²) >= 11 is 0. The molecule has 3 fully saturated rings. The van der Waals surface area contributed by atoms with Gasteiger partial charge >= 0.3 is 6.11 Å². The van der Waals surface area contributed by atoms with Crippen molar-refractivity contribution in [3.63, 3.8) is 0 Å². The van der Waals surface area contributed by atoms with Crippen LogP contribution in [0, 0.1) is 35.3 Å². The molecule has 6 heteroatoms. The van der Waals surface area contributed by atoms with Gasteiger partial charge in [0.05, 0.1) is 18.3 Å². The molecular formula is C27H30F4O2. The smallest absolute Gasteiger partial charge is 0.426 e. The highest BCUT2D eigenvalue weighted by molar-refractivity contribution is 5.30. The molecule has 2 aromatic carbocycles. The summed E-state index contributed by atoms with van der Waals surface area (Å²) < 4.78 is 66.3. The van der Waals surface area contributed by atoms with Crippen LogP contribution in [0.1, 0.15) is 62.5 Å². The summed E-state index contributed by atoms with van der Waals surface area (Å²) in [7, 11) is 0. The number of ether oxygens (including phenoxy) is 2. The Kier molecular flexibility index (Phi) is 6.15. The highest BCUT2D eigenvalue weighted by Crippen LogP contribution is 2.51. The molecule has 2 nitrogen and oxygen atoms in total. The summed E-state index contributed by atoms with van der Waals surface area (Å²) in [5.41, 5.74) is 0.634. The number of rotatable bonds is 5. The molecule has 0 N–H and O–H groups in total. The van der Waals surface area contributed by atoms with Crippen LogP contribution >= 0.6 is 0 Å². The average molecular weight is 463 g/mol. The van der Waals surface area contributed by atoms with E-state index in [1.165, 1.54) is 37.8 Å². The maximum Gasteiger partial charge on any atom is 0.426 e. The summed E-state index contributed by atoms with van der Waals surface area (Å²) in [6, 6.07) is 8.40. The van der Waals surface area contributed by atoms with Crippen molar-refractivity contribution < 1.29 is 27.0 Å². The van der Waals surface area contributed by atoms with Gasteiger partial charge in [-0.1, -0.05) is 19.1 Å². The van der Waals surface area contributed by atoms with Crippen molar-refractivity contribution in [3.8, 4) is 5.75 Å². The Morgan fingerprint density at radius 1 is 0.848 bits per heavy atom. The lowest BCUT2D eigenvalue weighted by Gasteiger charge is -2.33. The third-order valence-electron chi connectivity index (χ3n) is 7.98. The standard InChI is InChI=1S/C27H30F4O2/c1-16-10-19-12-21(13-20(19)11-16)26-9-4-18(15-32-26)17-2-5-22(6-3-17)27(30,31)33-23-7-8-24(28)25(29)14-23/h2-3,5-8,14,16,18-21,26H,4,9-13,15H2,1H3. The van der Waals surface area contributed by atoms with Crippen LogP contribution in [0.2, 0.25) is 0 Å². The minimum atomic E-state index is -3.66. The monoisotopic (exact) mass is 462 g/mol. The van der Waals surface area contributed by atoms with Crippen LogP contribution in [0.5, 0.6) is 5.75 Å². The van der Waals surface area contributed by atoms with E-state index in [9.17, 15) is 17.6 Å². The first-order chi connectivity index (χ1) is 15.8. The zero-order valence-electron chi connectivity index (χ0n) is 18.8. The van der Waals surface area contributed by atoms with Crippen LogP contribution in [0.4, 0.5) is 17.6 Å². The predicted molar refractivity (Wildman–Crippen MR) is 117 cm³/mol. The molecule has 4 atom stereocenters. The first-order valence-corrected chi connectivity index (χ1v) is 12.0. The highest BCUT2D eigenvalue weighted by atomic mass is 19.3. The lowest BCUT2D eigenvalue weighted by Crippen LogP contribution is -2.30.